The Morgan fingerprint density at radius 3 is 2.53 bits per heavy atom. The maximum absolute atomic E-state index is 12.4. The number of amides is 1. The third kappa shape index (κ3) is 2.71. The van der Waals surface area contributed by atoms with Crippen molar-refractivity contribution in [2.45, 2.75) is 39.2 Å². The number of rotatable bonds is 4. The summed E-state index contributed by atoms with van der Waals surface area (Å²) in [5.41, 5.74) is -0.806. The van der Waals surface area contributed by atoms with E-state index in [-0.39, 0.29) is 11.8 Å². The van der Waals surface area contributed by atoms with Crippen molar-refractivity contribution in [2.75, 3.05) is 13.1 Å². The van der Waals surface area contributed by atoms with Crippen LogP contribution >= 0.6 is 0 Å². The molecule has 3 nitrogen and oxygen atoms in total. The molecule has 3 atom stereocenters. The Morgan fingerprint density at radius 2 is 2.12 bits per heavy atom. The smallest absolute Gasteiger partial charge is 0.226 e. The lowest BCUT2D eigenvalue weighted by molar-refractivity contribution is -0.139. The van der Waals surface area contributed by atoms with Crippen LogP contribution in [0.25, 0.3) is 0 Å². The summed E-state index contributed by atoms with van der Waals surface area (Å²) in [4.78, 5) is 14.2. The summed E-state index contributed by atoms with van der Waals surface area (Å²) in [5.74, 6) is 1.46. The third-order valence-electron chi connectivity index (χ3n) is 3.87. The zero-order valence-electron chi connectivity index (χ0n) is 11.0. The van der Waals surface area contributed by atoms with Crippen molar-refractivity contribution >= 4 is 5.91 Å². The first kappa shape index (κ1) is 12.6. The van der Waals surface area contributed by atoms with Crippen molar-refractivity contribution in [2.24, 2.45) is 17.8 Å². The molecule has 0 spiro atoms. The number of nitrogens with zero attached hydrogens (tertiary/aromatic N) is 1. The van der Waals surface area contributed by atoms with Gasteiger partial charge in [0.1, 0.15) is 0 Å². The molecule has 3 heteroatoms. The van der Waals surface area contributed by atoms with Gasteiger partial charge in [-0.15, -0.1) is 0 Å². The molecule has 96 valence electrons. The molecular formula is C14H23NO2. The minimum atomic E-state index is -0.806. The summed E-state index contributed by atoms with van der Waals surface area (Å²) in [7, 11) is 0. The quantitative estimate of drug-likeness (QED) is 0.758. The Hall–Kier alpha value is -0.830. The molecule has 2 rings (SSSR count). The van der Waals surface area contributed by atoms with Gasteiger partial charge in [0.2, 0.25) is 5.91 Å². The summed E-state index contributed by atoms with van der Waals surface area (Å²) in [6.07, 6.45) is 6.61. The molecule has 0 heterocycles. The van der Waals surface area contributed by atoms with E-state index in [2.05, 4.69) is 12.2 Å². The van der Waals surface area contributed by atoms with E-state index in [4.69, 9.17) is 0 Å². The number of hydrogen-bond donors (Lipinski definition) is 1. The molecule has 3 unspecified atom stereocenters. The summed E-state index contributed by atoms with van der Waals surface area (Å²) in [6, 6.07) is 0. The standard InChI is InChI=1S/C14H23NO2/c1-4-15(9-14(2,3)17)13(16)12-8-10-5-6-11(12)7-10/h5-6,10-12,17H,4,7-9H2,1-3H3. The van der Waals surface area contributed by atoms with Crippen LogP contribution < -0.4 is 0 Å². The number of likely N-dealkylation sites (N-methyl/N-ethyl adjacent to an activating group) is 1. The van der Waals surface area contributed by atoms with E-state index in [1.807, 2.05) is 6.92 Å². The summed E-state index contributed by atoms with van der Waals surface area (Å²) >= 11 is 0. The van der Waals surface area contributed by atoms with Gasteiger partial charge in [0.15, 0.2) is 0 Å². The molecule has 0 saturated heterocycles. The lowest BCUT2D eigenvalue weighted by Gasteiger charge is -2.31. The normalized spacial score (nSPS) is 30.9. The molecular weight excluding hydrogens is 214 g/mol. The van der Waals surface area contributed by atoms with Gasteiger partial charge in [-0.05, 0) is 45.4 Å². The average Bonchev–Trinajstić information content (AvgIpc) is 2.85. The Kier molecular flexibility index (Phi) is 3.30. The topological polar surface area (TPSA) is 40.5 Å². The van der Waals surface area contributed by atoms with Gasteiger partial charge in [-0.25, -0.2) is 0 Å². The van der Waals surface area contributed by atoms with Gasteiger partial charge in [-0.2, -0.15) is 0 Å². The highest BCUT2D eigenvalue weighted by molar-refractivity contribution is 5.80. The van der Waals surface area contributed by atoms with Crippen molar-refractivity contribution < 1.29 is 9.90 Å². The Bertz CT molecular complexity index is 330. The minimum Gasteiger partial charge on any atom is -0.389 e. The molecule has 0 aromatic carbocycles. The maximum Gasteiger partial charge on any atom is 0.226 e. The Morgan fingerprint density at radius 1 is 1.41 bits per heavy atom. The fraction of sp³-hybridized carbons (Fsp3) is 0.786. The van der Waals surface area contributed by atoms with Gasteiger partial charge in [-0.3, -0.25) is 4.79 Å². The van der Waals surface area contributed by atoms with E-state index in [0.717, 1.165) is 12.8 Å². The van der Waals surface area contributed by atoms with Gasteiger partial charge in [0, 0.05) is 19.0 Å². The van der Waals surface area contributed by atoms with Gasteiger partial charge >= 0.3 is 0 Å². The molecule has 17 heavy (non-hydrogen) atoms. The first-order valence-corrected chi connectivity index (χ1v) is 6.60. The first-order valence-electron chi connectivity index (χ1n) is 6.60. The minimum absolute atomic E-state index is 0.160. The van der Waals surface area contributed by atoms with Gasteiger partial charge in [0.25, 0.3) is 0 Å². The van der Waals surface area contributed by atoms with Crippen LogP contribution in [0.15, 0.2) is 12.2 Å². The highest BCUT2D eigenvalue weighted by Crippen LogP contribution is 2.44. The van der Waals surface area contributed by atoms with E-state index in [1.165, 1.54) is 0 Å². The number of carbonyl (C=O) groups excluding carboxylic acids is 1. The number of allylic oxidation sites excluding steroid dienone is 2. The number of fused-ring (bicyclic) bond motifs is 2. The highest BCUT2D eigenvalue weighted by Gasteiger charge is 2.41. The molecule has 2 aliphatic carbocycles. The lowest BCUT2D eigenvalue weighted by Crippen LogP contribution is -2.45. The number of carbonyl (C=O) groups is 1. The molecule has 0 aromatic rings. The average molecular weight is 237 g/mol. The van der Waals surface area contributed by atoms with Crippen LogP contribution in [0.5, 0.6) is 0 Å². The lowest BCUT2D eigenvalue weighted by atomic mass is 9.92. The SMILES string of the molecule is CCN(CC(C)(C)O)C(=O)C1CC2C=CC1C2. The van der Waals surface area contributed by atoms with Crippen molar-refractivity contribution in [3.05, 3.63) is 12.2 Å². The number of hydrogen-bond acceptors (Lipinski definition) is 2. The van der Waals surface area contributed by atoms with Gasteiger partial charge in [-0.1, -0.05) is 12.2 Å². The molecule has 1 saturated carbocycles. The molecule has 1 fully saturated rings. The predicted octanol–water partition coefficient (Wildman–Crippen LogP) is 1.82. The molecule has 0 aromatic heterocycles. The fourth-order valence-electron chi connectivity index (χ4n) is 3.11. The molecule has 1 amide bonds. The van der Waals surface area contributed by atoms with Crippen molar-refractivity contribution in [1.29, 1.82) is 0 Å². The van der Waals surface area contributed by atoms with Gasteiger partial charge in [0.05, 0.1) is 5.60 Å². The van der Waals surface area contributed by atoms with Crippen LogP contribution in [0.1, 0.15) is 33.6 Å². The zero-order chi connectivity index (χ0) is 12.6. The summed E-state index contributed by atoms with van der Waals surface area (Å²) in [5, 5.41) is 9.83. The third-order valence-corrected chi connectivity index (χ3v) is 3.87. The maximum atomic E-state index is 12.4. The van der Waals surface area contributed by atoms with E-state index in [9.17, 15) is 9.90 Å². The fourth-order valence-corrected chi connectivity index (χ4v) is 3.11. The second kappa shape index (κ2) is 4.45. The Balaban J connectivity index is 2.00. The van der Waals surface area contributed by atoms with Crippen LogP contribution in [-0.4, -0.2) is 34.6 Å². The van der Waals surface area contributed by atoms with E-state index >= 15 is 0 Å². The molecule has 0 aliphatic heterocycles. The second-order valence-electron chi connectivity index (χ2n) is 6.05. The number of aliphatic hydroxyl groups is 1. The van der Waals surface area contributed by atoms with Crippen molar-refractivity contribution in [1.82, 2.24) is 4.90 Å². The van der Waals surface area contributed by atoms with E-state index < -0.39 is 5.60 Å². The van der Waals surface area contributed by atoms with E-state index in [0.29, 0.717) is 24.9 Å². The highest BCUT2D eigenvalue weighted by atomic mass is 16.3. The summed E-state index contributed by atoms with van der Waals surface area (Å²) < 4.78 is 0. The largest absolute Gasteiger partial charge is 0.389 e. The van der Waals surface area contributed by atoms with Gasteiger partial charge < -0.3 is 10.0 Å². The van der Waals surface area contributed by atoms with Crippen LogP contribution in [-0.2, 0) is 4.79 Å². The molecule has 1 N–H and O–H groups in total. The predicted molar refractivity (Wildman–Crippen MR) is 67.4 cm³/mol. The zero-order valence-corrected chi connectivity index (χ0v) is 11.0. The van der Waals surface area contributed by atoms with Crippen molar-refractivity contribution in [3.63, 3.8) is 0 Å². The van der Waals surface area contributed by atoms with Crippen LogP contribution in [0.4, 0.5) is 0 Å². The molecule has 0 radical (unpaired) electrons. The molecule has 2 aliphatic rings. The van der Waals surface area contributed by atoms with Crippen LogP contribution in [0.3, 0.4) is 0 Å². The molecule has 2 bridgehead atoms. The second-order valence-corrected chi connectivity index (χ2v) is 6.05. The first-order chi connectivity index (χ1) is 7.90. The van der Waals surface area contributed by atoms with E-state index in [1.54, 1.807) is 18.7 Å². The van der Waals surface area contributed by atoms with Crippen LogP contribution in [0, 0.1) is 17.8 Å². The Labute approximate surface area is 103 Å². The van der Waals surface area contributed by atoms with Crippen molar-refractivity contribution in [3.8, 4) is 0 Å². The van der Waals surface area contributed by atoms with Crippen LogP contribution in [0.2, 0.25) is 0 Å². The summed E-state index contributed by atoms with van der Waals surface area (Å²) in [6.45, 7) is 6.60. The monoisotopic (exact) mass is 237 g/mol.